The Balaban J connectivity index is 1.45. The molecule has 1 aromatic carbocycles. The quantitative estimate of drug-likeness (QED) is 0.816. The van der Waals surface area contributed by atoms with Crippen LogP contribution >= 0.6 is 0 Å². The van der Waals surface area contributed by atoms with Crippen molar-refractivity contribution in [2.24, 2.45) is 17.8 Å². The Bertz CT molecular complexity index is 452. The number of methoxy groups -OCH3 is 1. The molecule has 0 radical (unpaired) electrons. The fourth-order valence-electron chi connectivity index (χ4n) is 3.40. The third kappa shape index (κ3) is 2.66. The first-order valence-corrected chi connectivity index (χ1v) is 6.99. The predicted octanol–water partition coefficient (Wildman–Crippen LogP) is 2.83. The van der Waals surface area contributed by atoms with E-state index in [1.807, 2.05) is 24.3 Å². The van der Waals surface area contributed by atoms with Crippen LogP contribution in [0.4, 0.5) is 0 Å². The van der Waals surface area contributed by atoms with E-state index in [1.165, 1.54) is 5.56 Å². The van der Waals surface area contributed by atoms with Crippen LogP contribution in [0.5, 0.6) is 5.75 Å². The van der Waals surface area contributed by atoms with Crippen LogP contribution in [0.25, 0.3) is 0 Å². The highest BCUT2D eigenvalue weighted by Crippen LogP contribution is 2.46. The van der Waals surface area contributed by atoms with Crippen LogP contribution in [0.3, 0.4) is 0 Å². The first kappa shape index (κ1) is 12.7. The average molecular weight is 260 g/mol. The molecule has 0 unspecified atom stereocenters. The molecule has 3 heteroatoms. The van der Waals surface area contributed by atoms with Gasteiger partial charge in [-0.3, -0.25) is 4.79 Å². The molecule has 0 heterocycles. The number of carbonyl (C=O) groups excluding carboxylic acids is 1. The van der Waals surface area contributed by atoms with Crippen LogP contribution in [-0.4, -0.2) is 19.5 Å². The monoisotopic (exact) mass is 260 g/mol. The fourth-order valence-corrected chi connectivity index (χ4v) is 3.40. The van der Waals surface area contributed by atoms with Crippen LogP contribution in [0.1, 0.15) is 24.8 Å². The third-order valence-electron chi connectivity index (χ3n) is 4.52. The molecule has 0 spiro atoms. The zero-order valence-electron chi connectivity index (χ0n) is 11.3. The van der Waals surface area contributed by atoms with E-state index in [2.05, 4.69) is 0 Å². The highest BCUT2D eigenvalue weighted by Gasteiger charge is 2.44. The molecule has 0 saturated heterocycles. The lowest BCUT2D eigenvalue weighted by Gasteiger charge is -2.20. The first-order chi connectivity index (χ1) is 9.26. The molecule has 3 atom stereocenters. The Kier molecular flexibility index (Phi) is 3.56. The summed E-state index contributed by atoms with van der Waals surface area (Å²) in [5, 5.41) is 0. The van der Waals surface area contributed by atoms with E-state index < -0.39 is 0 Å². The average Bonchev–Trinajstić information content (AvgIpc) is 2.98. The molecule has 102 valence electrons. The van der Waals surface area contributed by atoms with E-state index in [9.17, 15) is 4.79 Å². The molecule has 0 aromatic heterocycles. The minimum atomic E-state index is 0.347. The molecule has 2 aliphatic rings. The van der Waals surface area contributed by atoms with Crippen molar-refractivity contribution in [2.45, 2.75) is 25.9 Å². The number of rotatable bonds is 5. The SMILES string of the molecule is COc1ccc(COC[C@H]2C[C@@H]3C[C@H]2CC3=O)cc1. The summed E-state index contributed by atoms with van der Waals surface area (Å²) in [4.78, 5) is 11.5. The fraction of sp³-hybridized carbons (Fsp3) is 0.562. The summed E-state index contributed by atoms with van der Waals surface area (Å²) in [7, 11) is 1.67. The van der Waals surface area contributed by atoms with Gasteiger partial charge >= 0.3 is 0 Å². The summed E-state index contributed by atoms with van der Waals surface area (Å²) in [5.74, 6) is 2.89. The standard InChI is InChI=1S/C16H20O3/c1-18-15-4-2-11(3-5-15)9-19-10-14-7-13-6-12(14)8-16(13)17/h2-5,12-14H,6-10H2,1H3/t12-,13-,14+/m0/s1. The Morgan fingerprint density at radius 1 is 1.21 bits per heavy atom. The second-order valence-corrected chi connectivity index (χ2v) is 5.72. The van der Waals surface area contributed by atoms with Crippen molar-refractivity contribution in [3.05, 3.63) is 29.8 Å². The van der Waals surface area contributed by atoms with Gasteiger partial charge in [-0.1, -0.05) is 12.1 Å². The molecule has 2 aliphatic carbocycles. The maximum absolute atomic E-state index is 11.5. The molecular weight excluding hydrogens is 240 g/mol. The van der Waals surface area contributed by atoms with Crippen molar-refractivity contribution in [1.29, 1.82) is 0 Å². The second-order valence-electron chi connectivity index (χ2n) is 5.72. The van der Waals surface area contributed by atoms with E-state index in [0.717, 1.165) is 31.6 Å². The molecule has 2 fully saturated rings. The number of Topliss-reactive ketones (excluding diaryl/α,β-unsaturated/α-hetero) is 1. The number of hydrogen-bond acceptors (Lipinski definition) is 3. The van der Waals surface area contributed by atoms with Gasteiger partial charge < -0.3 is 9.47 Å². The molecule has 3 nitrogen and oxygen atoms in total. The number of benzene rings is 1. The first-order valence-electron chi connectivity index (χ1n) is 6.99. The number of ketones is 1. The topological polar surface area (TPSA) is 35.5 Å². The molecular formula is C16H20O3. The van der Waals surface area contributed by atoms with Crippen LogP contribution in [0.2, 0.25) is 0 Å². The summed E-state index contributed by atoms with van der Waals surface area (Å²) in [6.45, 7) is 1.44. The summed E-state index contributed by atoms with van der Waals surface area (Å²) >= 11 is 0. The summed E-state index contributed by atoms with van der Waals surface area (Å²) in [5.41, 5.74) is 1.17. The lowest BCUT2D eigenvalue weighted by atomic mass is 9.89. The lowest BCUT2D eigenvalue weighted by Crippen LogP contribution is -2.21. The second kappa shape index (κ2) is 5.33. The predicted molar refractivity (Wildman–Crippen MR) is 72.0 cm³/mol. The van der Waals surface area contributed by atoms with Crippen LogP contribution in [0.15, 0.2) is 24.3 Å². The number of ether oxygens (including phenoxy) is 2. The van der Waals surface area contributed by atoms with Crippen molar-refractivity contribution in [2.75, 3.05) is 13.7 Å². The Hall–Kier alpha value is -1.35. The minimum Gasteiger partial charge on any atom is -0.497 e. The van der Waals surface area contributed by atoms with Crippen molar-refractivity contribution in [1.82, 2.24) is 0 Å². The normalized spacial score (nSPS) is 28.9. The van der Waals surface area contributed by atoms with Crippen molar-refractivity contribution >= 4 is 5.78 Å². The smallest absolute Gasteiger partial charge is 0.136 e. The van der Waals surface area contributed by atoms with E-state index in [1.54, 1.807) is 7.11 Å². The van der Waals surface area contributed by atoms with Gasteiger partial charge in [0, 0.05) is 12.3 Å². The zero-order chi connectivity index (χ0) is 13.2. The number of fused-ring (bicyclic) bond motifs is 2. The minimum absolute atomic E-state index is 0.347. The van der Waals surface area contributed by atoms with Crippen molar-refractivity contribution < 1.29 is 14.3 Å². The highest BCUT2D eigenvalue weighted by atomic mass is 16.5. The number of hydrogen-bond donors (Lipinski definition) is 0. The molecule has 2 bridgehead atoms. The summed E-state index contributed by atoms with van der Waals surface area (Å²) in [6.07, 6.45) is 2.95. The molecule has 19 heavy (non-hydrogen) atoms. The summed E-state index contributed by atoms with van der Waals surface area (Å²) in [6, 6.07) is 7.97. The van der Waals surface area contributed by atoms with Crippen LogP contribution in [0, 0.1) is 17.8 Å². The van der Waals surface area contributed by atoms with E-state index in [0.29, 0.717) is 30.1 Å². The van der Waals surface area contributed by atoms with Gasteiger partial charge in [0.05, 0.1) is 20.3 Å². The van der Waals surface area contributed by atoms with E-state index in [-0.39, 0.29) is 0 Å². The Morgan fingerprint density at radius 3 is 2.58 bits per heavy atom. The van der Waals surface area contributed by atoms with Crippen LogP contribution in [-0.2, 0) is 16.1 Å². The highest BCUT2D eigenvalue weighted by molar-refractivity contribution is 5.84. The molecule has 2 saturated carbocycles. The van der Waals surface area contributed by atoms with Gasteiger partial charge in [0.25, 0.3) is 0 Å². The lowest BCUT2D eigenvalue weighted by molar-refractivity contribution is -0.122. The van der Waals surface area contributed by atoms with Gasteiger partial charge in [-0.15, -0.1) is 0 Å². The molecule has 1 aromatic rings. The molecule has 0 aliphatic heterocycles. The van der Waals surface area contributed by atoms with Crippen LogP contribution < -0.4 is 4.74 Å². The summed E-state index contributed by atoms with van der Waals surface area (Å²) < 4.78 is 10.9. The zero-order valence-corrected chi connectivity index (χ0v) is 11.3. The Labute approximate surface area is 113 Å². The van der Waals surface area contributed by atoms with Gasteiger partial charge in [-0.25, -0.2) is 0 Å². The maximum atomic E-state index is 11.5. The van der Waals surface area contributed by atoms with Gasteiger partial charge in [0.2, 0.25) is 0 Å². The maximum Gasteiger partial charge on any atom is 0.136 e. The van der Waals surface area contributed by atoms with Gasteiger partial charge in [0.1, 0.15) is 11.5 Å². The number of carbonyl (C=O) groups is 1. The van der Waals surface area contributed by atoms with E-state index in [4.69, 9.17) is 9.47 Å². The van der Waals surface area contributed by atoms with Gasteiger partial charge in [0.15, 0.2) is 0 Å². The molecule has 0 N–H and O–H groups in total. The third-order valence-corrected chi connectivity index (χ3v) is 4.52. The van der Waals surface area contributed by atoms with Gasteiger partial charge in [-0.05, 0) is 42.4 Å². The Morgan fingerprint density at radius 2 is 2.00 bits per heavy atom. The molecule has 3 rings (SSSR count). The van der Waals surface area contributed by atoms with Gasteiger partial charge in [-0.2, -0.15) is 0 Å². The van der Waals surface area contributed by atoms with E-state index >= 15 is 0 Å². The largest absolute Gasteiger partial charge is 0.497 e. The van der Waals surface area contributed by atoms with Crippen molar-refractivity contribution in [3.63, 3.8) is 0 Å². The molecule has 0 amide bonds. The van der Waals surface area contributed by atoms with Crippen molar-refractivity contribution in [3.8, 4) is 5.75 Å².